The molecule has 1 unspecified atom stereocenters. The molecule has 0 aliphatic rings. The van der Waals surface area contributed by atoms with E-state index in [-0.39, 0.29) is 16.9 Å². The summed E-state index contributed by atoms with van der Waals surface area (Å²) in [4.78, 5) is 25.8. The van der Waals surface area contributed by atoms with Gasteiger partial charge in [-0.3, -0.25) is 9.59 Å². The van der Waals surface area contributed by atoms with Gasteiger partial charge in [0.15, 0.2) is 6.04 Å². The molecule has 1 amide bonds. The summed E-state index contributed by atoms with van der Waals surface area (Å²) in [6.45, 7) is 1.60. The van der Waals surface area contributed by atoms with Gasteiger partial charge in [0.05, 0.1) is 22.5 Å². The fraction of sp³-hybridized carbons (Fsp3) is 0.261. The van der Waals surface area contributed by atoms with Gasteiger partial charge in [0, 0.05) is 5.56 Å². The maximum absolute atomic E-state index is 13.8. The third-order valence-electron chi connectivity index (χ3n) is 5.03. The van der Waals surface area contributed by atoms with Crippen molar-refractivity contribution in [1.29, 1.82) is 0 Å². The zero-order chi connectivity index (χ0) is 27.1. The van der Waals surface area contributed by atoms with Gasteiger partial charge in [-0.2, -0.15) is 36.1 Å². The molecule has 1 atom stereocenters. The van der Waals surface area contributed by atoms with Gasteiger partial charge in [-0.25, -0.2) is 4.39 Å². The lowest BCUT2D eigenvalue weighted by molar-refractivity contribution is -0.192. The highest BCUT2D eigenvalue weighted by molar-refractivity contribution is 5.95. The maximum Gasteiger partial charge on any atom is 0.416 e. The van der Waals surface area contributed by atoms with E-state index in [1.807, 2.05) is 0 Å². The fourth-order valence-corrected chi connectivity index (χ4v) is 3.28. The van der Waals surface area contributed by atoms with Gasteiger partial charge in [0.25, 0.3) is 11.5 Å². The SMILES string of the molecule is CC(C)(O)C(NC(=O)c1cc(-c2ccc(C(F)(F)F)cc2)nn(-c2cccc(F)c2)c1=O)C(F)(F)F. The van der Waals surface area contributed by atoms with Crippen LogP contribution in [0.5, 0.6) is 0 Å². The second-order valence-electron chi connectivity index (χ2n) is 8.32. The quantitative estimate of drug-likeness (QED) is 0.489. The molecule has 0 spiro atoms. The number of halogens is 7. The Morgan fingerprint density at radius 1 is 1.00 bits per heavy atom. The van der Waals surface area contributed by atoms with Crippen LogP contribution in [-0.2, 0) is 6.18 Å². The number of amides is 1. The van der Waals surface area contributed by atoms with Crippen LogP contribution in [0.2, 0.25) is 0 Å². The summed E-state index contributed by atoms with van der Waals surface area (Å²) in [5.74, 6) is -2.34. The first-order chi connectivity index (χ1) is 16.5. The minimum Gasteiger partial charge on any atom is -0.388 e. The molecule has 13 heteroatoms. The number of alkyl halides is 6. The molecule has 0 bridgehead atoms. The first-order valence-electron chi connectivity index (χ1n) is 10.2. The summed E-state index contributed by atoms with van der Waals surface area (Å²) in [7, 11) is 0. The lowest BCUT2D eigenvalue weighted by Gasteiger charge is -2.31. The first-order valence-corrected chi connectivity index (χ1v) is 10.2. The van der Waals surface area contributed by atoms with Crippen molar-refractivity contribution >= 4 is 5.91 Å². The summed E-state index contributed by atoms with van der Waals surface area (Å²) < 4.78 is 93.4. The second kappa shape index (κ2) is 9.37. The third kappa shape index (κ3) is 5.90. The van der Waals surface area contributed by atoms with Crippen molar-refractivity contribution in [3.8, 4) is 16.9 Å². The monoisotopic (exact) mass is 517 g/mol. The molecule has 3 rings (SSSR count). The van der Waals surface area contributed by atoms with E-state index in [9.17, 15) is 45.4 Å². The van der Waals surface area contributed by atoms with E-state index in [1.54, 1.807) is 5.32 Å². The minimum atomic E-state index is -5.10. The largest absolute Gasteiger partial charge is 0.416 e. The summed E-state index contributed by atoms with van der Waals surface area (Å²) >= 11 is 0. The van der Waals surface area contributed by atoms with Crippen molar-refractivity contribution in [2.45, 2.75) is 37.8 Å². The Morgan fingerprint density at radius 2 is 1.61 bits per heavy atom. The van der Waals surface area contributed by atoms with E-state index in [4.69, 9.17) is 0 Å². The molecule has 1 aromatic heterocycles. The molecule has 1 heterocycles. The Morgan fingerprint density at radius 3 is 2.11 bits per heavy atom. The highest BCUT2D eigenvalue weighted by atomic mass is 19.4. The Kier molecular flexibility index (Phi) is 6.99. The smallest absolute Gasteiger partial charge is 0.388 e. The first kappa shape index (κ1) is 26.9. The van der Waals surface area contributed by atoms with Crippen LogP contribution in [0.15, 0.2) is 59.4 Å². The zero-order valence-electron chi connectivity index (χ0n) is 18.6. The highest BCUT2D eigenvalue weighted by Gasteiger charge is 2.49. The molecular formula is C23H18F7N3O3. The summed E-state index contributed by atoms with van der Waals surface area (Å²) in [6.07, 6.45) is -9.75. The van der Waals surface area contributed by atoms with Gasteiger partial charge < -0.3 is 10.4 Å². The molecule has 36 heavy (non-hydrogen) atoms. The predicted octanol–water partition coefficient (Wildman–Crippen LogP) is 4.49. The van der Waals surface area contributed by atoms with Crippen LogP contribution in [0, 0.1) is 5.82 Å². The van der Waals surface area contributed by atoms with Crippen LogP contribution >= 0.6 is 0 Å². The second-order valence-corrected chi connectivity index (χ2v) is 8.32. The number of rotatable bonds is 5. The van der Waals surface area contributed by atoms with Crippen LogP contribution in [-0.4, -0.2) is 38.6 Å². The molecule has 2 N–H and O–H groups in total. The van der Waals surface area contributed by atoms with Crippen molar-refractivity contribution < 1.29 is 40.6 Å². The third-order valence-corrected chi connectivity index (χ3v) is 5.03. The number of carbonyl (C=O) groups excluding carboxylic acids is 1. The van der Waals surface area contributed by atoms with Gasteiger partial charge >= 0.3 is 12.4 Å². The molecule has 0 radical (unpaired) electrons. The molecule has 0 aliphatic carbocycles. The predicted molar refractivity (Wildman–Crippen MR) is 114 cm³/mol. The van der Waals surface area contributed by atoms with Crippen molar-refractivity contribution in [2.75, 3.05) is 0 Å². The molecule has 0 saturated carbocycles. The van der Waals surface area contributed by atoms with E-state index in [0.717, 1.165) is 44.2 Å². The Balaban J connectivity index is 2.18. The lowest BCUT2D eigenvalue weighted by Crippen LogP contribution is -2.58. The standard InChI is InChI=1S/C23H18F7N3O3/c1-21(2,36)20(23(28,29)30)31-18(34)16-11-17(12-6-8-13(9-7-12)22(25,26)27)32-33(19(16)35)15-5-3-4-14(24)10-15/h3-11,20,36H,1-2H3,(H,31,34). The van der Waals surface area contributed by atoms with Gasteiger partial charge in [-0.1, -0.05) is 18.2 Å². The molecule has 6 nitrogen and oxygen atoms in total. The summed E-state index contributed by atoms with van der Waals surface area (Å²) in [6, 6.07) is 5.76. The average molecular weight is 517 g/mol. The number of benzene rings is 2. The topological polar surface area (TPSA) is 84.2 Å². The molecule has 0 saturated heterocycles. The number of aliphatic hydroxyl groups is 1. The number of nitrogens with one attached hydrogen (secondary N) is 1. The van der Waals surface area contributed by atoms with Crippen molar-refractivity contribution in [3.63, 3.8) is 0 Å². The number of hydrogen-bond donors (Lipinski definition) is 2. The molecule has 0 fully saturated rings. The van der Waals surface area contributed by atoms with E-state index < -0.39 is 52.4 Å². The lowest BCUT2D eigenvalue weighted by atomic mass is 9.98. The van der Waals surface area contributed by atoms with Gasteiger partial charge in [0.1, 0.15) is 11.4 Å². The van der Waals surface area contributed by atoms with Crippen molar-refractivity contribution in [1.82, 2.24) is 15.1 Å². The molecule has 3 aromatic rings. The average Bonchev–Trinajstić information content (AvgIpc) is 2.75. The van der Waals surface area contributed by atoms with E-state index in [1.165, 1.54) is 12.1 Å². The Hall–Kier alpha value is -3.74. The van der Waals surface area contributed by atoms with E-state index in [0.29, 0.717) is 16.8 Å². The summed E-state index contributed by atoms with van der Waals surface area (Å²) in [5, 5.41) is 15.4. The Bertz CT molecular complexity index is 1310. The minimum absolute atomic E-state index is 0.0166. The van der Waals surface area contributed by atoms with Gasteiger partial charge in [0.2, 0.25) is 0 Å². The number of aromatic nitrogens is 2. The number of carbonyl (C=O) groups is 1. The molecular weight excluding hydrogens is 499 g/mol. The normalized spacial score (nSPS) is 13.4. The zero-order valence-corrected chi connectivity index (χ0v) is 18.6. The van der Waals surface area contributed by atoms with Crippen LogP contribution in [0.25, 0.3) is 16.9 Å². The Labute approximate surface area is 199 Å². The van der Waals surface area contributed by atoms with Crippen LogP contribution in [0.4, 0.5) is 30.7 Å². The van der Waals surface area contributed by atoms with Crippen LogP contribution in [0.3, 0.4) is 0 Å². The van der Waals surface area contributed by atoms with Gasteiger partial charge in [-0.15, -0.1) is 0 Å². The van der Waals surface area contributed by atoms with E-state index >= 15 is 0 Å². The van der Waals surface area contributed by atoms with Crippen LogP contribution in [0.1, 0.15) is 29.8 Å². The van der Waals surface area contributed by atoms with Crippen LogP contribution < -0.4 is 10.9 Å². The van der Waals surface area contributed by atoms with E-state index in [2.05, 4.69) is 5.10 Å². The fourth-order valence-electron chi connectivity index (χ4n) is 3.28. The summed E-state index contributed by atoms with van der Waals surface area (Å²) in [5.41, 5.74) is -6.05. The highest BCUT2D eigenvalue weighted by Crippen LogP contribution is 2.31. The molecule has 0 aliphatic heterocycles. The van der Waals surface area contributed by atoms with Crippen molar-refractivity contribution in [2.24, 2.45) is 0 Å². The van der Waals surface area contributed by atoms with Gasteiger partial charge in [-0.05, 0) is 50.2 Å². The number of nitrogens with zero attached hydrogens (tertiary/aromatic N) is 2. The maximum atomic E-state index is 13.8. The molecule has 2 aromatic carbocycles. The molecule has 192 valence electrons. The number of hydrogen-bond acceptors (Lipinski definition) is 4. The van der Waals surface area contributed by atoms with Crippen molar-refractivity contribution in [3.05, 3.63) is 81.9 Å².